The Bertz CT molecular complexity index is 517. The summed E-state index contributed by atoms with van der Waals surface area (Å²) in [6, 6.07) is 5.81. The summed E-state index contributed by atoms with van der Waals surface area (Å²) in [5.74, 6) is 1.05. The first-order valence-electron chi connectivity index (χ1n) is 6.80. The van der Waals surface area contributed by atoms with E-state index in [1.54, 1.807) is 6.92 Å². The molecule has 1 saturated carbocycles. The molecule has 1 N–H and O–H groups in total. The van der Waals surface area contributed by atoms with Gasteiger partial charge in [0, 0.05) is 34.7 Å². The minimum Gasteiger partial charge on any atom is -0.393 e. The number of fused-ring (bicyclic) bond motifs is 1. The third-order valence-corrected chi connectivity index (χ3v) is 4.99. The van der Waals surface area contributed by atoms with Crippen LogP contribution in [0.1, 0.15) is 30.1 Å². The lowest BCUT2D eigenvalue weighted by molar-refractivity contribution is 0.101. The van der Waals surface area contributed by atoms with Gasteiger partial charge in [-0.25, -0.2) is 0 Å². The molecule has 1 aromatic carbocycles. The number of carbonyl (C=O) groups is 1. The van der Waals surface area contributed by atoms with E-state index in [1.165, 1.54) is 0 Å². The molecule has 3 unspecified atom stereocenters. The van der Waals surface area contributed by atoms with Crippen LogP contribution in [0, 0.1) is 11.8 Å². The molecule has 2 aliphatic rings. The summed E-state index contributed by atoms with van der Waals surface area (Å²) in [5.41, 5.74) is 1.78. The Labute approximate surface area is 121 Å². The second kappa shape index (κ2) is 4.91. The van der Waals surface area contributed by atoms with Crippen molar-refractivity contribution >= 4 is 27.4 Å². The number of hydrogen-bond acceptors (Lipinski definition) is 3. The van der Waals surface area contributed by atoms with Crippen LogP contribution in [-0.2, 0) is 0 Å². The van der Waals surface area contributed by atoms with Crippen molar-refractivity contribution in [3.63, 3.8) is 0 Å². The van der Waals surface area contributed by atoms with Gasteiger partial charge in [-0.15, -0.1) is 0 Å². The van der Waals surface area contributed by atoms with Gasteiger partial charge < -0.3 is 10.0 Å². The van der Waals surface area contributed by atoms with E-state index < -0.39 is 0 Å². The van der Waals surface area contributed by atoms with Crippen molar-refractivity contribution in [3.8, 4) is 0 Å². The number of aliphatic hydroxyl groups is 1. The van der Waals surface area contributed by atoms with E-state index in [-0.39, 0.29) is 11.9 Å². The van der Waals surface area contributed by atoms with E-state index >= 15 is 0 Å². The number of ketones is 1. The van der Waals surface area contributed by atoms with E-state index in [9.17, 15) is 9.90 Å². The number of Topliss-reactive ketones (excluding diaryl/α,β-unsaturated/α-hetero) is 1. The van der Waals surface area contributed by atoms with Gasteiger partial charge in [-0.05, 0) is 43.9 Å². The molecular formula is C15H18BrNO2. The fourth-order valence-electron chi connectivity index (χ4n) is 3.50. The zero-order valence-electron chi connectivity index (χ0n) is 11.0. The monoisotopic (exact) mass is 323 g/mol. The number of carbonyl (C=O) groups excluding carboxylic acids is 1. The van der Waals surface area contributed by atoms with E-state index in [4.69, 9.17) is 0 Å². The maximum atomic E-state index is 11.8. The largest absolute Gasteiger partial charge is 0.393 e. The van der Waals surface area contributed by atoms with Crippen molar-refractivity contribution in [1.29, 1.82) is 0 Å². The van der Waals surface area contributed by atoms with Crippen molar-refractivity contribution < 1.29 is 9.90 Å². The lowest BCUT2D eigenvalue weighted by atomic mass is 10.00. The smallest absolute Gasteiger partial charge is 0.161 e. The maximum absolute atomic E-state index is 11.8. The lowest BCUT2D eigenvalue weighted by Crippen LogP contribution is -2.25. The highest BCUT2D eigenvalue weighted by molar-refractivity contribution is 9.10. The summed E-state index contributed by atoms with van der Waals surface area (Å²) in [7, 11) is 0. The van der Waals surface area contributed by atoms with Crippen LogP contribution in [0.15, 0.2) is 22.7 Å². The van der Waals surface area contributed by atoms with Crippen LogP contribution in [0.25, 0.3) is 0 Å². The van der Waals surface area contributed by atoms with Crippen LogP contribution in [0.3, 0.4) is 0 Å². The van der Waals surface area contributed by atoms with E-state index in [0.717, 1.165) is 41.7 Å². The summed E-state index contributed by atoms with van der Waals surface area (Å²) in [6.07, 6.45) is 1.87. The number of rotatable bonds is 2. The van der Waals surface area contributed by atoms with Crippen molar-refractivity contribution in [3.05, 3.63) is 28.2 Å². The first kappa shape index (κ1) is 13.1. The molecule has 102 valence electrons. The predicted octanol–water partition coefficient (Wildman–Crippen LogP) is 2.86. The van der Waals surface area contributed by atoms with E-state index in [1.807, 2.05) is 18.2 Å². The number of halogens is 1. The van der Waals surface area contributed by atoms with E-state index in [0.29, 0.717) is 11.8 Å². The fourth-order valence-corrected chi connectivity index (χ4v) is 3.85. The van der Waals surface area contributed by atoms with Crippen LogP contribution in [-0.4, -0.2) is 30.1 Å². The molecule has 0 bridgehead atoms. The summed E-state index contributed by atoms with van der Waals surface area (Å²) in [4.78, 5) is 14.0. The third kappa shape index (κ3) is 2.32. The SMILES string of the molecule is CC(=O)c1ccc(Br)cc1N1CC2CCC(O)C2C1. The first-order chi connectivity index (χ1) is 9.06. The molecule has 3 atom stereocenters. The maximum Gasteiger partial charge on any atom is 0.161 e. The number of anilines is 1. The molecule has 1 aromatic rings. The highest BCUT2D eigenvalue weighted by Crippen LogP contribution is 2.41. The number of benzene rings is 1. The minimum atomic E-state index is -0.164. The van der Waals surface area contributed by atoms with E-state index in [2.05, 4.69) is 20.8 Å². The van der Waals surface area contributed by atoms with Gasteiger partial charge in [0.25, 0.3) is 0 Å². The van der Waals surface area contributed by atoms with Crippen LogP contribution < -0.4 is 4.90 Å². The molecule has 3 nitrogen and oxygen atoms in total. The highest BCUT2D eigenvalue weighted by atomic mass is 79.9. The van der Waals surface area contributed by atoms with Crippen molar-refractivity contribution in [1.82, 2.24) is 0 Å². The average Bonchev–Trinajstić information content (AvgIpc) is 2.91. The van der Waals surface area contributed by atoms with Gasteiger partial charge in [0.1, 0.15) is 0 Å². The molecule has 1 heterocycles. The Hall–Kier alpha value is -0.870. The zero-order chi connectivity index (χ0) is 13.6. The quantitative estimate of drug-likeness (QED) is 0.851. The predicted molar refractivity (Wildman–Crippen MR) is 78.6 cm³/mol. The molecule has 4 heteroatoms. The van der Waals surface area contributed by atoms with Gasteiger partial charge in [0.2, 0.25) is 0 Å². The molecular weight excluding hydrogens is 306 g/mol. The van der Waals surface area contributed by atoms with Gasteiger partial charge in [0.05, 0.1) is 6.10 Å². The highest BCUT2D eigenvalue weighted by Gasteiger charge is 2.42. The molecule has 1 saturated heterocycles. The Balaban J connectivity index is 1.91. The van der Waals surface area contributed by atoms with Gasteiger partial charge >= 0.3 is 0 Å². The van der Waals surface area contributed by atoms with Crippen molar-refractivity contribution in [2.75, 3.05) is 18.0 Å². The van der Waals surface area contributed by atoms with Crippen molar-refractivity contribution in [2.45, 2.75) is 25.9 Å². The second-order valence-corrected chi connectivity index (χ2v) is 6.61. The summed E-state index contributed by atoms with van der Waals surface area (Å²) >= 11 is 3.48. The van der Waals surface area contributed by atoms with Gasteiger partial charge in [-0.3, -0.25) is 4.79 Å². The molecule has 1 aliphatic carbocycles. The summed E-state index contributed by atoms with van der Waals surface area (Å²) in [6.45, 7) is 3.43. The standard InChI is InChI=1S/C15H18BrNO2/c1-9(18)12-4-3-11(16)6-14(12)17-7-10-2-5-15(19)13(10)8-17/h3-4,6,10,13,15,19H,2,5,7-8H2,1H3. The zero-order valence-corrected chi connectivity index (χ0v) is 12.6. The lowest BCUT2D eigenvalue weighted by Gasteiger charge is -2.23. The Morgan fingerprint density at radius 1 is 1.37 bits per heavy atom. The van der Waals surface area contributed by atoms with Crippen molar-refractivity contribution in [2.24, 2.45) is 11.8 Å². The summed E-state index contributed by atoms with van der Waals surface area (Å²) < 4.78 is 0.991. The van der Waals surface area contributed by atoms with Crippen LogP contribution >= 0.6 is 15.9 Å². The first-order valence-corrected chi connectivity index (χ1v) is 7.59. The number of aliphatic hydroxyl groups excluding tert-OH is 1. The van der Waals surface area contributed by atoms with Crippen LogP contribution in [0.4, 0.5) is 5.69 Å². The molecule has 0 spiro atoms. The summed E-state index contributed by atoms with van der Waals surface area (Å²) in [5, 5.41) is 9.99. The molecule has 3 rings (SSSR count). The molecule has 0 radical (unpaired) electrons. The molecule has 0 amide bonds. The van der Waals surface area contributed by atoms with Gasteiger partial charge in [0.15, 0.2) is 5.78 Å². The van der Waals surface area contributed by atoms with Crippen LogP contribution in [0.5, 0.6) is 0 Å². The molecule has 19 heavy (non-hydrogen) atoms. The van der Waals surface area contributed by atoms with Gasteiger partial charge in [-0.2, -0.15) is 0 Å². The van der Waals surface area contributed by atoms with Crippen LogP contribution in [0.2, 0.25) is 0 Å². The fraction of sp³-hybridized carbons (Fsp3) is 0.533. The van der Waals surface area contributed by atoms with Gasteiger partial charge in [-0.1, -0.05) is 15.9 Å². The topological polar surface area (TPSA) is 40.5 Å². The Morgan fingerprint density at radius 3 is 2.84 bits per heavy atom. The average molecular weight is 324 g/mol. The number of hydrogen-bond donors (Lipinski definition) is 1. The molecule has 0 aromatic heterocycles. The Morgan fingerprint density at radius 2 is 2.16 bits per heavy atom. The number of nitrogens with zero attached hydrogens (tertiary/aromatic N) is 1. The minimum absolute atomic E-state index is 0.0973. The molecule has 1 aliphatic heterocycles. The third-order valence-electron chi connectivity index (χ3n) is 4.50. The second-order valence-electron chi connectivity index (χ2n) is 5.69. The molecule has 2 fully saturated rings. The normalized spacial score (nSPS) is 29.6. The Kier molecular flexibility index (Phi) is 3.39.